The molecule has 0 radical (unpaired) electrons. The molecule has 1 aliphatic rings. The van der Waals surface area contributed by atoms with Crippen molar-refractivity contribution >= 4 is 0 Å². The molecule has 0 aromatic rings. The molecule has 0 spiro atoms. The number of alkyl halides is 7. The van der Waals surface area contributed by atoms with E-state index in [4.69, 9.17) is 0 Å². The van der Waals surface area contributed by atoms with E-state index in [9.17, 15) is 30.7 Å². The lowest BCUT2D eigenvalue weighted by molar-refractivity contribution is -0.327. The molecule has 0 saturated heterocycles. The first kappa shape index (κ1) is 11.3. The van der Waals surface area contributed by atoms with Crippen molar-refractivity contribution in [2.75, 3.05) is 0 Å². The molecule has 14 heavy (non-hydrogen) atoms. The van der Waals surface area contributed by atoms with E-state index in [-0.39, 0.29) is 6.42 Å². The lowest BCUT2D eigenvalue weighted by Gasteiger charge is -2.34. The Bertz CT molecular complexity index is 242. The molecular weight excluding hydrogens is 217 g/mol. The fourth-order valence-electron chi connectivity index (χ4n) is 1.13. The number of hydrogen-bond acceptors (Lipinski definition) is 0. The van der Waals surface area contributed by atoms with Crippen molar-refractivity contribution in [1.82, 2.24) is 0 Å². The van der Waals surface area contributed by atoms with Crippen LogP contribution in [0.4, 0.5) is 30.7 Å². The highest BCUT2D eigenvalue weighted by atomic mass is 19.4. The molecule has 0 bridgehead atoms. The van der Waals surface area contributed by atoms with Crippen LogP contribution in [0.2, 0.25) is 0 Å². The van der Waals surface area contributed by atoms with Crippen molar-refractivity contribution in [2.24, 2.45) is 0 Å². The summed E-state index contributed by atoms with van der Waals surface area (Å²) < 4.78 is 84.5. The largest absolute Gasteiger partial charge is 0.435 e. The Morgan fingerprint density at radius 1 is 0.857 bits per heavy atom. The van der Waals surface area contributed by atoms with Gasteiger partial charge in [-0.2, -0.15) is 26.3 Å². The first-order chi connectivity index (χ1) is 6.11. The van der Waals surface area contributed by atoms with Crippen LogP contribution < -0.4 is 0 Å². The van der Waals surface area contributed by atoms with Gasteiger partial charge in [0.1, 0.15) is 0 Å². The van der Waals surface area contributed by atoms with Crippen LogP contribution in [0.1, 0.15) is 12.8 Å². The molecular formula is C7H5F7. The molecule has 0 unspecified atom stereocenters. The van der Waals surface area contributed by atoms with E-state index in [1.807, 2.05) is 0 Å². The topological polar surface area (TPSA) is 0 Å². The van der Waals surface area contributed by atoms with E-state index >= 15 is 0 Å². The van der Waals surface area contributed by atoms with Gasteiger partial charge in [-0.3, -0.25) is 0 Å². The summed E-state index contributed by atoms with van der Waals surface area (Å²) in [6.07, 6.45) is -11.7. The van der Waals surface area contributed by atoms with Crippen molar-refractivity contribution in [3.8, 4) is 0 Å². The van der Waals surface area contributed by atoms with Crippen LogP contribution in [0.15, 0.2) is 11.6 Å². The molecule has 0 amide bonds. The maximum atomic E-state index is 12.9. The molecule has 7 heteroatoms. The lowest BCUT2D eigenvalue weighted by atomic mass is 9.83. The molecule has 1 aliphatic carbocycles. The maximum Gasteiger partial charge on any atom is 0.435 e. The van der Waals surface area contributed by atoms with Gasteiger partial charge in [-0.1, -0.05) is 6.08 Å². The highest BCUT2D eigenvalue weighted by Crippen LogP contribution is 2.53. The summed E-state index contributed by atoms with van der Waals surface area (Å²) >= 11 is 0. The monoisotopic (exact) mass is 222 g/mol. The third kappa shape index (κ3) is 1.38. The molecule has 82 valence electrons. The Morgan fingerprint density at radius 3 is 1.29 bits per heavy atom. The third-order valence-corrected chi connectivity index (χ3v) is 2.03. The van der Waals surface area contributed by atoms with Crippen molar-refractivity contribution in [3.05, 3.63) is 11.6 Å². The Hall–Kier alpha value is -0.750. The fraction of sp³-hybridized carbons (Fsp3) is 0.714. The molecule has 0 aromatic heterocycles. The van der Waals surface area contributed by atoms with Crippen LogP contribution in [-0.4, -0.2) is 18.0 Å². The average Bonchev–Trinajstić information content (AvgIpc) is 1.77. The van der Waals surface area contributed by atoms with Gasteiger partial charge in [0.15, 0.2) is 0 Å². The first-order valence-corrected chi connectivity index (χ1v) is 3.62. The predicted octanol–water partition coefficient (Wildman–Crippen LogP) is 3.54. The van der Waals surface area contributed by atoms with Gasteiger partial charge < -0.3 is 0 Å². The van der Waals surface area contributed by atoms with E-state index in [2.05, 4.69) is 0 Å². The Kier molecular flexibility index (Phi) is 2.32. The number of hydrogen-bond donors (Lipinski definition) is 0. The second-order valence-corrected chi connectivity index (χ2v) is 2.92. The zero-order valence-electron chi connectivity index (χ0n) is 6.64. The van der Waals surface area contributed by atoms with Gasteiger partial charge in [0.2, 0.25) is 0 Å². The molecule has 0 aliphatic heterocycles. The molecule has 0 nitrogen and oxygen atoms in total. The molecule has 0 heterocycles. The van der Waals surface area contributed by atoms with E-state index in [1.165, 1.54) is 0 Å². The van der Waals surface area contributed by atoms with Gasteiger partial charge in [0, 0.05) is 0 Å². The Labute approximate surface area is 74.4 Å². The van der Waals surface area contributed by atoms with Gasteiger partial charge >= 0.3 is 18.0 Å². The van der Waals surface area contributed by atoms with E-state index in [0.717, 1.165) is 0 Å². The van der Waals surface area contributed by atoms with Crippen LogP contribution in [-0.2, 0) is 0 Å². The fourth-order valence-corrected chi connectivity index (χ4v) is 1.13. The third-order valence-electron chi connectivity index (χ3n) is 2.03. The minimum Gasteiger partial charge on any atom is -0.219 e. The number of halogens is 7. The van der Waals surface area contributed by atoms with Crippen LogP contribution in [0.5, 0.6) is 0 Å². The maximum absolute atomic E-state index is 12.9. The van der Waals surface area contributed by atoms with E-state index < -0.39 is 30.0 Å². The zero-order chi connectivity index (χ0) is 11.2. The molecule has 0 saturated carbocycles. The van der Waals surface area contributed by atoms with Crippen LogP contribution in [0.3, 0.4) is 0 Å². The summed E-state index contributed by atoms with van der Waals surface area (Å²) in [6.45, 7) is 0. The van der Waals surface area contributed by atoms with Gasteiger partial charge in [-0.15, -0.1) is 0 Å². The second kappa shape index (κ2) is 2.87. The van der Waals surface area contributed by atoms with Crippen LogP contribution in [0.25, 0.3) is 0 Å². The Balaban J connectivity index is 3.16. The quantitative estimate of drug-likeness (QED) is 0.470. The molecule has 1 rings (SSSR count). The molecule has 0 fully saturated rings. The molecule has 0 N–H and O–H groups in total. The van der Waals surface area contributed by atoms with E-state index in [0.29, 0.717) is 6.08 Å². The molecule has 0 atom stereocenters. The van der Waals surface area contributed by atoms with Crippen LogP contribution in [0, 0.1) is 0 Å². The van der Waals surface area contributed by atoms with Crippen molar-refractivity contribution < 1.29 is 30.7 Å². The summed E-state index contributed by atoms with van der Waals surface area (Å²) in [7, 11) is 0. The summed E-state index contributed by atoms with van der Waals surface area (Å²) in [5.74, 6) is 0. The summed E-state index contributed by atoms with van der Waals surface area (Å²) in [6, 6.07) is 0. The minimum atomic E-state index is -5.95. The number of rotatable bonds is 1. The summed E-state index contributed by atoms with van der Waals surface area (Å²) in [5.41, 5.74) is -6.41. The highest BCUT2D eigenvalue weighted by Gasteiger charge is 2.74. The van der Waals surface area contributed by atoms with Gasteiger partial charge in [-0.05, 0) is 18.4 Å². The van der Waals surface area contributed by atoms with Crippen molar-refractivity contribution in [3.63, 3.8) is 0 Å². The van der Waals surface area contributed by atoms with Crippen molar-refractivity contribution in [1.29, 1.82) is 0 Å². The van der Waals surface area contributed by atoms with E-state index in [1.54, 1.807) is 0 Å². The normalized spacial score (nSPS) is 18.9. The Morgan fingerprint density at radius 2 is 1.21 bits per heavy atom. The van der Waals surface area contributed by atoms with Gasteiger partial charge in [0.25, 0.3) is 0 Å². The zero-order valence-corrected chi connectivity index (χ0v) is 6.64. The SMILES string of the molecule is FC(F)(F)C(F)(C1=CCC1)C(F)(F)F. The lowest BCUT2D eigenvalue weighted by Crippen LogP contribution is -2.55. The van der Waals surface area contributed by atoms with Gasteiger partial charge in [-0.25, -0.2) is 4.39 Å². The minimum absolute atomic E-state index is 0.0488. The molecule has 0 aromatic carbocycles. The van der Waals surface area contributed by atoms with Gasteiger partial charge in [0.05, 0.1) is 0 Å². The summed E-state index contributed by atoms with van der Waals surface area (Å²) in [4.78, 5) is 0. The standard InChI is InChI=1S/C7H5F7/c8-5(6(9,10)11,7(12,13)14)4-2-1-3-4/h2H,1,3H2. The smallest absolute Gasteiger partial charge is 0.219 e. The first-order valence-electron chi connectivity index (χ1n) is 3.62. The summed E-state index contributed by atoms with van der Waals surface area (Å²) in [5, 5.41) is 0. The van der Waals surface area contributed by atoms with Crippen molar-refractivity contribution in [2.45, 2.75) is 30.9 Å². The van der Waals surface area contributed by atoms with Crippen LogP contribution >= 0.6 is 0 Å². The number of allylic oxidation sites excluding steroid dienone is 2. The highest BCUT2D eigenvalue weighted by molar-refractivity contribution is 5.29. The second-order valence-electron chi connectivity index (χ2n) is 2.92. The predicted molar refractivity (Wildman–Crippen MR) is 33.3 cm³/mol. The average molecular weight is 222 g/mol.